The summed E-state index contributed by atoms with van der Waals surface area (Å²) < 4.78 is 0. The van der Waals surface area contributed by atoms with Crippen molar-refractivity contribution < 1.29 is 0 Å². The molecule has 5 N–H and O–H groups in total. The molecule has 6 heteroatoms. The molecule has 6 nitrogen and oxygen atoms in total. The molecule has 2 aliphatic heterocycles. The first-order valence-corrected chi connectivity index (χ1v) is 8.13. The normalized spacial score (nSPS) is 29.2. The summed E-state index contributed by atoms with van der Waals surface area (Å²) >= 11 is 0. The number of hydrogen-bond donors (Lipinski definition) is 3. The maximum absolute atomic E-state index is 6.17. The molecular weight excluding hydrogens is 264 g/mol. The fourth-order valence-electron chi connectivity index (χ4n) is 4.04. The lowest BCUT2D eigenvalue weighted by Crippen LogP contribution is -2.40. The van der Waals surface area contributed by atoms with E-state index in [1.165, 1.54) is 32.1 Å². The van der Waals surface area contributed by atoms with Gasteiger partial charge in [-0.25, -0.2) is 0 Å². The van der Waals surface area contributed by atoms with E-state index < -0.39 is 0 Å². The number of rotatable bonds is 2. The first-order chi connectivity index (χ1) is 10.2. The van der Waals surface area contributed by atoms with E-state index in [1.807, 2.05) is 0 Å². The smallest absolute Gasteiger partial charge is 0.223 e. The van der Waals surface area contributed by atoms with Gasteiger partial charge in [0.05, 0.1) is 0 Å². The van der Waals surface area contributed by atoms with Crippen LogP contribution in [0.25, 0.3) is 0 Å². The molecule has 0 spiro atoms. The van der Waals surface area contributed by atoms with Crippen molar-refractivity contribution in [2.75, 3.05) is 36.0 Å². The SMILES string of the molecule is Nc1nc(N)c(C2CCC2)c(N2C[C@@H]3CCCN[C@@H]3C2)n1. The van der Waals surface area contributed by atoms with Crippen LogP contribution in [0.1, 0.15) is 43.6 Å². The van der Waals surface area contributed by atoms with Crippen molar-refractivity contribution in [3.63, 3.8) is 0 Å². The summed E-state index contributed by atoms with van der Waals surface area (Å²) in [6, 6.07) is 0.588. The van der Waals surface area contributed by atoms with Crippen LogP contribution in [0.3, 0.4) is 0 Å². The number of nitrogens with zero attached hydrogens (tertiary/aromatic N) is 3. The van der Waals surface area contributed by atoms with Gasteiger partial charge in [-0.15, -0.1) is 0 Å². The molecule has 1 aliphatic carbocycles. The Morgan fingerprint density at radius 3 is 2.62 bits per heavy atom. The van der Waals surface area contributed by atoms with Crippen LogP contribution >= 0.6 is 0 Å². The van der Waals surface area contributed by atoms with Gasteiger partial charge in [0, 0.05) is 24.7 Å². The Bertz CT molecular complexity index is 527. The van der Waals surface area contributed by atoms with Crippen LogP contribution in [0.4, 0.5) is 17.6 Å². The van der Waals surface area contributed by atoms with Crippen LogP contribution in [-0.2, 0) is 0 Å². The van der Waals surface area contributed by atoms with E-state index in [0.717, 1.165) is 36.9 Å². The highest BCUT2D eigenvalue weighted by Gasteiger charge is 2.37. The first-order valence-electron chi connectivity index (χ1n) is 8.13. The molecule has 4 rings (SSSR count). The molecule has 1 saturated carbocycles. The van der Waals surface area contributed by atoms with Crippen molar-refractivity contribution in [3.8, 4) is 0 Å². The first kappa shape index (κ1) is 13.1. The predicted octanol–water partition coefficient (Wildman–Crippen LogP) is 1.10. The molecule has 2 saturated heterocycles. The fraction of sp³-hybridized carbons (Fsp3) is 0.733. The zero-order valence-corrected chi connectivity index (χ0v) is 12.4. The molecule has 2 atom stereocenters. The van der Waals surface area contributed by atoms with Gasteiger partial charge >= 0.3 is 0 Å². The second-order valence-corrected chi connectivity index (χ2v) is 6.70. The van der Waals surface area contributed by atoms with Gasteiger partial charge in [-0.2, -0.15) is 9.97 Å². The fourth-order valence-corrected chi connectivity index (χ4v) is 4.04. The highest BCUT2D eigenvalue weighted by atomic mass is 15.3. The van der Waals surface area contributed by atoms with E-state index in [0.29, 0.717) is 23.7 Å². The molecule has 3 aliphatic rings. The van der Waals surface area contributed by atoms with E-state index >= 15 is 0 Å². The minimum Gasteiger partial charge on any atom is -0.383 e. The van der Waals surface area contributed by atoms with Crippen molar-refractivity contribution in [2.24, 2.45) is 5.92 Å². The van der Waals surface area contributed by atoms with Crippen LogP contribution in [0.5, 0.6) is 0 Å². The van der Waals surface area contributed by atoms with Gasteiger partial charge in [0.1, 0.15) is 11.6 Å². The average Bonchev–Trinajstić information content (AvgIpc) is 2.83. The summed E-state index contributed by atoms with van der Waals surface area (Å²) in [7, 11) is 0. The molecule has 0 aromatic carbocycles. The highest BCUT2D eigenvalue weighted by molar-refractivity contribution is 5.62. The highest BCUT2D eigenvalue weighted by Crippen LogP contribution is 2.44. The summed E-state index contributed by atoms with van der Waals surface area (Å²) in [6.45, 7) is 3.21. The third kappa shape index (κ3) is 2.21. The quantitative estimate of drug-likeness (QED) is 0.754. The summed E-state index contributed by atoms with van der Waals surface area (Å²) in [6.07, 6.45) is 6.26. The van der Waals surface area contributed by atoms with Gasteiger partial charge in [0.2, 0.25) is 5.95 Å². The minimum atomic E-state index is 0.299. The summed E-state index contributed by atoms with van der Waals surface area (Å²) in [5, 5.41) is 3.64. The molecule has 0 unspecified atom stereocenters. The monoisotopic (exact) mass is 288 g/mol. The maximum Gasteiger partial charge on any atom is 0.223 e. The van der Waals surface area contributed by atoms with Crippen molar-refractivity contribution in [3.05, 3.63) is 5.56 Å². The van der Waals surface area contributed by atoms with E-state index in [2.05, 4.69) is 20.2 Å². The Morgan fingerprint density at radius 1 is 1.05 bits per heavy atom. The number of nitrogens with two attached hydrogens (primary N) is 2. The number of fused-ring (bicyclic) bond motifs is 1. The van der Waals surface area contributed by atoms with Gasteiger partial charge in [-0.3, -0.25) is 0 Å². The van der Waals surface area contributed by atoms with E-state index in [-0.39, 0.29) is 0 Å². The summed E-state index contributed by atoms with van der Waals surface area (Å²) in [5.41, 5.74) is 13.2. The topological polar surface area (TPSA) is 93.1 Å². The Hall–Kier alpha value is -1.56. The predicted molar refractivity (Wildman–Crippen MR) is 84.2 cm³/mol. The Labute approximate surface area is 125 Å². The zero-order valence-electron chi connectivity index (χ0n) is 12.4. The molecule has 0 bridgehead atoms. The minimum absolute atomic E-state index is 0.299. The molecule has 114 valence electrons. The molecule has 0 amide bonds. The van der Waals surface area contributed by atoms with Crippen LogP contribution in [-0.4, -0.2) is 35.6 Å². The standard InChI is InChI=1S/C15H24N6/c16-13-12(9-3-1-4-9)14(20-15(17)19-13)21-7-10-5-2-6-18-11(10)8-21/h9-11,18H,1-8H2,(H4,16,17,19,20)/t10-,11+/m0/s1. The van der Waals surface area contributed by atoms with Crippen molar-refractivity contribution in [1.29, 1.82) is 0 Å². The second-order valence-electron chi connectivity index (χ2n) is 6.70. The van der Waals surface area contributed by atoms with Crippen LogP contribution in [0, 0.1) is 5.92 Å². The molecule has 0 radical (unpaired) electrons. The Balaban J connectivity index is 1.67. The number of anilines is 3. The summed E-state index contributed by atoms with van der Waals surface area (Å²) in [4.78, 5) is 11.1. The molecule has 1 aromatic heterocycles. The maximum atomic E-state index is 6.17. The third-order valence-corrected chi connectivity index (χ3v) is 5.38. The largest absolute Gasteiger partial charge is 0.383 e. The van der Waals surface area contributed by atoms with E-state index in [4.69, 9.17) is 11.5 Å². The van der Waals surface area contributed by atoms with Gasteiger partial charge in [0.25, 0.3) is 0 Å². The van der Waals surface area contributed by atoms with Gasteiger partial charge in [-0.1, -0.05) is 6.42 Å². The van der Waals surface area contributed by atoms with Gasteiger partial charge < -0.3 is 21.7 Å². The third-order valence-electron chi connectivity index (χ3n) is 5.38. The number of aromatic nitrogens is 2. The van der Waals surface area contributed by atoms with Gasteiger partial charge in [0.15, 0.2) is 0 Å². The average molecular weight is 288 g/mol. The molecule has 21 heavy (non-hydrogen) atoms. The lowest BCUT2D eigenvalue weighted by atomic mass is 9.80. The molecular formula is C15H24N6. The van der Waals surface area contributed by atoms with Crippen molar-refractivity contribution >= 4 is 17.6 Å². The number of piperidine rings is 1. The van der Waals surface area contributed by atoms with Crippen LogP contribution in [0.2, 0.25) is 0 Å². The van der Waals surface area contributed by atoms with E-state index in [9.17, 15) is 0 Å². The van der Waals surface area contributed by atoms with Gasteiger partial charge in [-0.05, 0) is 44.1 Å². The van der Waals surface area contributed by atoms with Crippen molar-refractivity contribution in [1.82, 2.24) is 15.3 Å². The molecule has 1 aromatic rings. The summed E-state index contributed by atoms with van der Waals surface area (Å²) in [5.74, 6) is 3.14. The Kier molecular flexibility index (Phi) is 3.14. The zero-order chi connectivity index (χ0) is 14.4. The number of nitrogen functional groups attached to an aromatic ring is 2. The van der Waals surface area contributed by atoms with Crippen LogP contribution < -0.4 is 21.7 Å². The number of nitrogens with one attached hydrogen (secondary N) is 1. The molecule has 3 fully saturated rings. The van der Waals surface area contributed by atoms with Crippen molar-refractivity contribution in [2.45, 2.75) is 44.1 Å². The van der Waals surface area contributed by atoms with E-state index in [1.54, 1.807) is 0 Å². The number of hydrogen-bond acceptors (Lipinski definition) is 6. The molecule has 3 heterocycles. The Morgan fingerprint density at radius 2 is 1.90 bits per heavy atom. The lowest BCUT2D eigenvalue weighted by Gasteiger charge is -2.31. The lowest BCUT2D eigenvalue weighted by molar-refractivity contribution is 0.340. The van der Waals surface area contributed by atoms with Crippen LogP contribution in [0.15, 0.2) is 0 Å². The second kappa shape index (κ2) is 5.02.